The number of fused-ring (bicyclic) bond motifs is 1. The van der Waals surface area contributed by atoms with Crippen molar-refractivity contribution >= 4 is 26.8 Å². The number of aromatic nitrogens is 1. The zero-order valence-electron chi connectivity index (χ0n) is 16.9. The summed E-state index contributed by atoms with van der Waals surface area (Å²) in [6, 6.07) is 7.40. The third-order valence-corrected chi connectivity index (χ3v) is 7.44. The second-order valence-corrected chi connectivity index (χ2v) is 9.61. The van der Waals surface area contributed by atoms with Crippen molar-refractivity contribution in [2.24, 2.45) is 0 Å². The van der Waals surface area contributed by atoms with Gasteiger partial charge in [-0.25, -0.2) is 8.42 Å². The average molecular weight is 406 g/mol. The molecule has 0 saturated carbocycles. The summed E-state index contributed by atoms with van der Waals surface area (Å²) < 4.78 is 29.6. The van der Waals surface area contributed by atoms with Gasteiger partial charge in [-0.1, -0.05) is 19.8 Å². The molecule has 1 aliphatic heterocycles. The minimum Gasteiger partial charge on any atom is -0.354 e. The molecule has 6 nitrogen and oxygen atoms in total. The van der Waals surface area contributed by atoms with Crippen molar-refractivity contribution in [2.45, 2.75) is 69.9 Å². The van der Waals surface area contributed by atoms with Crippen LogP contribution < -0.4 is 5.32 Å². The number of amides is 1. The van der Waals surface area contributed by atoms with E-state index in [1.807, 2.05) is 36.7 Å². The van der Waals surface area contributed by atoms with E-state index in [0.29, 0.717) is 31.0 Å². The van der Waals surface area contributed by atoms with Gasteiger partial charge in [0.25, 0.3) is 0 Å². The van der Waals surface area contributed by atoms with Crippen molar-refractivity contribution in [1.29, 1.82) is 0 Å². The Bertz CT molecular complexity index is 912. The fraction of sp³-hybridized carbons (Fsp3) is 0.571. The summed E-state index contributed by atoms with van der Waals surface area (Å²) in [6.45, 7) is 5.82. The number of carbonyl (C=O) groups is 1. The first kappa shape index (κ1) is 20.9. The first-order chi connectivity index (χ1) is 13.4. The number of aryl methyl sites for hydroxylation is 1. The number of hydrogen-bond acceptors (Lipinski definition) is 3. The summed E-state index contributed by atoms with van der Waals surface area (Å²) in [4.78, 5) is 12.4. The van der Waals surface area contributed by atoms with Crippen LogP contribution in [0.15, 0.2) is 35.4 Å². The Morgan fingerprint density at radius 2 is 1.86 bits per heavy atom. The smallest absolute Gasteiger partial charge is 0.243 e. The van der Waals surface area contributed by atoms with Gasteiger partial charge in [-0.05, 0) is 50.5 Å². The molecule has 2 aromatic rings. The monoisotopic (exact) mass is 405 g/mol. The number of nitrogens with one attached hydrogen (secondary N) is 1. The second kappa shape index (κ2) is 9.09. The Balaban J connectivity index is 1.74. The van der Waals surface area contributed by atoms with E-state index in [4.69, 9.17) is 0 Å². The first-order valence-corrected chi connectivity index (χ1v) is 11.7. The van der Waals surface area contributed by atoms with Gasteiger partial charge in [-0.15, -0.1) is 0 Å². The van der Waals surface area contributed by atoms with Crippen LogP contribution >= 0.6 is 0 Å². The number of hydrogen-bond donors (Lipinski definition) is 1. The zero-order chi connectivity index (χ0) is 20.1. The number of sulfonamides is 1. The molecule has 1 atom stereocenters. The fourth-order valence-electron chi connectivity index (χ4n) is 3.64. The van der Waals surface area contributed by atoms with E-state index in [1.165, 1.54) is 0 Å². The quantitative estimate of drug-likeness (QED) is 0.766. The summed E-state index contributed by atoms with van der Waals surface area (Å²) >= 11 is 0. The molecule has 7 heteroatoms. The molecule has 28 heavy (non-hydrogen) atoms. The van der Waals surface area contributed by atoms with E-state index in [0.717, 1.165) is 43.0 Å². The van der Waals surface area contributed by atoms with Gasteiger partial charge < -0.3 is 9.88 Å². The van der Waals surface area contributed by atoms with E-state index in [9.17, 15) is 13.2 Å². The molecule has 0 radical (unpaired) electrons. The standard InChI is InChI=1S/C21H31N3O3S/c1-3-17(2)22-21(25)11-15-23-14-10-18-16-19(8-9-20(18)23)28(26,27)24-12-6-4-5-7-13-24/h8-10,14,16-17H,3-7,11-13,15H2,1-2H3,(H,22,25). The van der Waals surface area contributed by atoms with E-state index in [1.54, 1.807) is 16.4 Å². The van der Waals surface area contributed by atoms with E-state index in [2.05, 4.69) is 5.32 Å². The fourth-order valence-corrected chi connectivity index (χ4v) is 5.19. The van der Waals surface area contributed by atoms with Crippen LogP contribution in [-0.4, -0.2) is 42.3 Å². The van der Waals surface area contributed by atoms with Crippen molar-refractivity contribution in [1.82, 2.24) is 14.2 Å². The summed E-state index contributed by atoms with van der Waals surface area (Å²) in [5.74, 6) is 0.0385. The van der Waals surface area contributed by atoms with Crippen LogP contribution in [0.1, 0.15) is 52.4 Å². The van der Waals surface area contributed by atoms with Crippen LogP contribution in [0.2, 0.25) is 0 Å². The number of benzene rings is 1. The van der Waals surface area contributed by atoms with Crippen molar-refractivity contribution in [3.63, 3.8) is 0 Å². The maximum atomic E-state index is 13.0. The number of nitrogens with zero attached hydrogens (tertiary/aromatic N) is 2. The minimum absolute atomic E-state index is 0.0385. The van der Waals surface area contributed by atoms with Crippen molar-refractivity contribution < 1.29 is 13.2 Å². The van der Waals surface area contributed by atoms with Gasteiger partial charge in [0, 0.05) is 49.2 Å². The third-order valence-electron chi connectivity index (χ3n) is 5.54. The van der Waals surface area contributed by atoms with Crippen molar-refractivity contribution in [3.05, 3.63) is 30.5 Å². The lowest BCUT2D eigenvalue weighted by molar-refractivity contribution is -0.121. The zero-order valence-corrected chi connectivity index (χ0v) is 17.7. The minimum atomic E-state index is -3.45. The molecule has 3 rings (SSSR count). The third kappa shape index (κ3) is 4.75. The van der Waals surface area contributed by atoms with Crippen molar-refractivity contribution in [2.75, 3.05) is 13.1 Å². The SMILES string of the molecule is CCC(C)NC(=O)CCn1ccc2cc(S(=O)(=O)N3CCCCCC3)ccc21. The Hall–Kier alpha value is -1.86. The molecule has 0 bridgehead atoms. The van der Waals surface area contributed by atoms with Gasteiger partial charge in [-0.3, -0.25) is 4.79 Å². The summed E-state index contributed by atoms with van der Waals surface area (Å²) in [5, 5.41) is 3.86. The van der Waals surface area contributed by atoms with Crippen LogP contribution in [-0.2, 0) is 21.4 Å². The highest BCUT2D eigenvalue weighted by molar-refractivity contribution is 7.89. The second-order valence-electron chi connectivity index (χ2n) is 7.67. The highest BCUT2D eigenvalue weighted by atomic mass is 32.2. The molecular weight excluding hydrogens is 374 g/mol. The lowest BCUT2D eigenvalue weighted by Crippen LogP contribution is -2.32. The van der Waals surface area contributed by atoms with E-state index in [-0.39, 0.29) is 11.9 Å². The Kier molecular flexibility index (Phi) is 6.78. The maximum Gasteiger partial charge on any atom is 0.243 e. The van der Waals surface area contributed by atoms with Crippen LogP contribution in [0.25, 0.3) is 10.9 Å². The summed E-state index contributed by atoms with van der Waals surface area (Å²) in [7, 11) is -3.45. The van der Waals surface area contributed by atoms with Crippen LogP contribution in [0.5, 0.6) is 0 Å². The number of carbonyl (C=O) groups excluding carboxylic acids is 1. The molecule has 1 aromatic carbocycles. The van der Waals surface area contributed by atoms with Gasteiger partial charge in [0.1, 0.15) is 0 Å². The molecule has 1 aromatic heterocycles. The Morgan fingerprint density at radius 1 is 1.14 bits per heavy atom. The van der Waals surface area contributed by atoms with Crippen LogP contribution in [0, 0.1) is 0 Å². The molecule has 154 valence electrons. The topological polar surface area (TPSA) is 71.4 Å². The summed E-state index contributed by atoms with van der Waals surface area (Å²) in [6.07, 6.45) is 7.28. The molecule has 1 N–H and O–H groups in total. The van der Waals surface area contributed by atoms with Gasteiger partial charge >= 0.3 is 0 Å². The molecule has 1 unspecified atom stereocenters. The molecule has 2 heterocycles. The first-order valence-electron chi connectivity index (χ1n) is 10.3. The molecular formula is C21H31N3O3S. The van der Waals surface area contributed by atoms with Crippen LogP contribution in [0.4, 0.5) is 0 Å². The Morgan fingerprint density at radius 3 is 2.54 bits per heavy atom. The highest BCUT2D eigenvalue weighted by Crippen LogP contribution is 2.25. The van der Waals surface area contributed by atoms with Gasteiger partial charge in [0.05, 0.1) is 4.90 Å². The molecule has 0 aliphatic carbocycles. The highest BCUT2D eigenvalue weighted by Gasteiger charge is 2.25. The van der Waals surface area contributed by atoms with Crippen molar-refractivity contribution in [3.8, 4) is 0 Å². The van der Waals surface area contributed by atoms with Gasteiger partial charge in [0.15, 0.2) is 0 Å². The van der Waals surface area contributed by atoms with Gasteiger partial charge in [0.2, 0.25) is 15.9 Å². The Labute approximate surface area is 168 Å². The lowest BCUT2D eigenvalue weighted by atomic mass is 10.2. The molecule has 1 aliphatic rings. The maximum absolute atomic E-state index is 13.0. The normalized spacial score (nSPS) is 17.4. The number of rotatable bonds is 7. The van der Waals surface area contributed by atoms with Gasteiger partial charge in [-0.2, -0.15) is 4.31 Å². The predicted molar refractivity (Wildman–Crippen MR) is 112 cm³/mol. The molecule has 0 spiro atoms. The van der Waals surface area contributed by atoms with E-state index >= 15 is 0 Å². The predicted octanol–water partition coefficient (Wildman–Crippen LogP) is 3.51. The molecule has 1 saturated heterocycles. The van der Waals surface area contributed by atoms with E-state index < -0.39 is 10.0 Å². The largest absolute Gasteiger partial charge is 0.354 e. The van der Waals surface area contributed by atoms with Crippen LogP contribution in [0.3, 0.4) is 0 Å². The molecule has 1 fully saturated rings. The summed E-state index contributed by atoms with van der Waals surface area (Å²) in [5.41, 5.74) is 0.950. The lowest BCUT2D eigenvalue weighted by Gasteiger charge is -2.20. The molecule has 1 amide bonds. The average Bonchev–Trinajstić information content (AvgIpc) is 2.88.